The van der Waals surface area contributed by atoms with Crippen molar-refractivity contribution >= 4 is 56.9 Å². The summed E-state index contributed by atoms with van der Waals surface area (Å²) in [4.78, 5) is 57.2. The second-order valence-electron chi connectivity index (χ2n) is 11.5. The van der Waals surface area contributed by atoms with Crippen molar-refractivity contribution in [3.63, 3.8) is 0 Å². The minimum absolute atomic E-state index is 0. The summed E-state index contributed by atoms with van der Waals surface area (Å²) in [5.41, 5.74) is 4.32. The average Bonchev–Trinajstić information content (AvgIpc) is 3.11. The van der Waals surface area contributed by atoms with Crippen molar-refractivity contribution in [2.45, 2.75) is 66.7 Å². The normalized spacial score (nSPS) is 13.0. The lowest BCUT2D eigenvalue weighted by Crippen LogP contribution is -2.18. The number of anilines is 3. The molecule has 5 rings (SSSR count). The molecule has 0 unspecified atom stereocenters. The third-order valence-corrected chi connectivity index (χ3v) is 8.14. The lowest BCUT2D eigenvalue weighted by Gasteiger charge is -2.28. The predicted octanol–water partition coefficient (Wildman–Crippen LogP) is 9.15. The van der Waals surface area contributed by atoms with Gasteiger partial charge in [-0.05, 0) is 98.3 Å². The zero-order valence-corrected chi connectivity index (χ0v) is 28.3. The monoisotopic (exact) mass is 648 g/mol. The number of oxime groups is 1. The van der Waals surface area contributed by atoms with Crippen molar-refractivity contribution < 1.29 is 29.5 Å². The van der Waals surface area contributed by atoms with E-state index in [0.29, 0.717) is 22.3 Å². The Bertz CT molecular complexity index is 1820. The molecule has 1 fully saturated rings. The smallest absolute Gasteiger partial charge is 0.331 e. The van der Waals surface area contributed by atoms with E-state index in [1.165, 1.54) is 20.3 Å². The van der Waals surface area contributed by atoms with E-state index in [4.69, 9.17) is 0 Å². The van der Waals surface area contributed by atoms with Gasteiger partial charge in [-0.25, -0.2) is 4.79 Å². The molecule has 0 saturated heterocycles. The molecule has 0 amide bonds. The van der Waals surface area contributed by atoms with Crippen molar-refractivity contribution in [1.82, 2.24) is 0 Å². The number of carbonyl (C=O) groups excluding carboxylic acids is 4. The zero-order valence-electron chi connectivity index (χ0n) is 28.3. The molecule has 0 aromatic heterocycles. The Morgan fingerprint density at radius 3 is 1.85 bits per heavy atom. The van der Waals surface area contributed by atoms with Crippen molar-refractivity contribution in [3.05, 3.63) is 114 Å². The van der Waals surface area contributed by atoms with Gasteiger partial charge in [0, 0.05) is 46.3 Å². The van der Waals surface area contributed by atoms with Gasteiger partial charge in [0.05, 0.1) is 5.69 Å². The van der Waals surface area contributed by atoms with E-state index < -0.39 is 5.97 Å². The second kappa shape index (κ2) is 17.1. The number of nitrogens with zero attached hydrogens (tertiary/aromatic N) is 2. The maximum absolute atomic E-state index is 13.3. The Morgan fingerprint density at radius 1 is 0.729 bits per heavy atom. The van der Waals surface area contributed by atoms with Crippen LogP contribution in [0.2, 0.25) is 0 Å². The maximum Gasteiger partial charge on any atom is 0.331 e. The fourth-order valence-electron chi connectivity index (χ4n) is 5.80. The van der Waals surface area contributed by atoms with Gasteiger partial charge in [-0.15, -0.1) is 0 Å². The van der Waals surface area contributed by atoms with Crippen LogP contribution < -0.4 is 4.90 Å². The molecule has 48 heavy (non-hydrogen) atoms. The van der Waals surface area contributed by atoms with Gasteiger partial charge in [-0.3, -0.25) is 14.4 Å². The van der Waals surface area contributed by atoms with Gasteiger partial charge in [0.2, 0.25) is 5.78 Å². The lowest BCUT2D eigenvalue weighted by atomic mass is 9.84. The predicted molar refractivity (Wildman–Crippen MR) is 193 cm³/mol. The topological polar surface area (TPSA) is 125 Å². The Balaban J connectivity index is 0.00000204. The number of fused-ring (bicyclic) bond motifs is 1. The van der Waals surface area contributed by atoms with Crippen LogP contribution in [0.4, 0.5) is 17.1 Å². The SMILES string of the molecule is C=C(C)C(=O)c1cc(N(c2ccc(C(=O)/C(C)=N/OC(C)=O)cc2)c2ccc(C(=O)C3CCCCC3)cc2)c2ccccc2c1.CC.O. The number of Topliss-reactive ketones (excluding diaryl/α,β-unsaturated/α-hetero) is 3. The van der Waals surface area contributed by atoms with Crippen LogP contribution in [0.15, 0.2) is 102 Å². The summed E-state index contributed by atoms with van der Waals surface area (Å²) in [5.74, 6) is -0.897. The van der Waals surface area contributed by atoms with Gasteiger partial charge in [0.15, 0.2) is 11.6 Å². The van der Waals surface area contributed by atoms with Gasteiger partial charge in [0.25, 0.3) is 0 Å². The molecule has 0 aliphatic heterocycles. The van der Waals surface area contributed by atoms with Crippen molar-refractivity contribution in [2.75, 3.05) is 4.90 Å². The molecule has 0 bridgehead atoms. The number of allylic oxidation sites excluding steroid dienone is 1. The molecule has 0 atom stereocenters. The van der Waals surface area contributed by atoms with E-state index in [1.54, 1.807) is 19.1 Å². The molecular weight excluding hydrogens is 604 g/mol. The highest BCUT2D eigenvalue weighted by Gasteiger charge is 2.24. The molecule has 4 aromatic rings. The Labute approximate surface area is 282 Å². The van der Waals surface area contributed by atoms with E-state index in [-0.39, 0.29) is 34.5 Å². The van der Waals surface area contributed by atoms with Gasteiger partial charge >= 0.3 is 5.97 Å². The van der Waals surface area contributed by atoms with E-state index >= 15 is 0 Å². The summed E-state index contributed by atoms with van der Waals surface area (Å²) in [6, 6.07) is 26.2. The first-order valence-corrected chi connectivity index (χ1v) is 16.2. The second-order valence-corrected chi connectivity index (χ2v) is 11.5. The summed E-state index contributed by atoms with van der Waals surface area (Å²) in [6.07, 6.45) is 5.21. The molecule has 2 N–H and O–H groups in total. The molecule has 1 aliphatic rings. The van der Waals surface area contributed by atoms with Gasteiger partial charge in [-0.1, -0.05) is 69.1 Å². The van der Waals surface area contributed by atoms with Gasteiger partial charge in [0.1, 0.15) is 5.71 Å². The van der Waals surface area contributed by atoms with Crippen LogP contribution in [0.3, 0.4) is 0 Å². The third-order valence-electron chi connectivity index (χ3n) is 8.14. The first-order chi connectivity index (χ1) is 22.6. The average molecular weight is 649 g/mol. The highest BCUT2D eigenvalue weighted by Crippen LogP contribution is 2.40. The number of hydrogen-bond acceptors (Lipinski definition) is 7. The van der Waals surface area contributed by atoms with Crippen molar-refractivity contribution in [3.8, 4) is 0 Å². The van der Waals surface area contributed by atoms with E-state index in [1.807, 2.05) is 91.5 Å². The van der Waals surface area contributed by atoms with Gasteiger partial charge in [-0.2, -0.15) is 0 Å². The molecule has 8 nitrogen and oxygen atoms in total. The standard InChI is InChI=1S/C38H36N2O5.C2H6.H2O/c1-24(2)36(42)31-22-30-12-8-9-13-34(30)35(23-31)40(32-18-14-28(15-19-32)37(43)25(3)39-45-26(4)41)33-20-16-29(17-21-33)38(44)27-10-6-5-7-11-27;1-2;/h8-9,12-23,27H,1,5-7,10-11H2,2-4H3;1-2H3;1H2/b39-25+;;. The van der Waals surface area contributed by atoms with Crippen LogP contribution in [0, 0.1) is 5.92 Å². The Kier molecular flexibility index (Phi) is 13.3. The van der Waals surface area contributed by atoms with Crippen LogP contribution in [0.5, 0.6) is 0 Å². The van der Waals surface area contributed by atoms with Crippen LogP contribution in [0.1, 0.15) is 97.8 Å². The van der Waals surface area contributed by atoms with Crippen LogP contribution in [0.25, 0.3) is 10.8 Å². The summed E-state index contributed by atoms with van der Waals surface area (Å²) in [6.45, 7) is 12.3. The minimum Gasteiger partial charge on any atom is -0.412 e. The Hall–Kier alpha value is -5.21. The molecule has 0 radical (unpaired) electrons. The number of carbonyl (C=O) groups is 4. The molecule has 1 saturated carbocycles. The fraction of sp³-hybridized carbons (Fsp3) is 0.275. The molecule has 8 heteroatoms. The minimum atomic E-state index is -0.612. The van der Waals surface area contributed by atoms with E-state index in [2.05, 4.69) is 16.6 Å². The first-order valence-electron chi connectivity index (χ1n) is 16.2. The number of benzene rings is 4. The van der Waals surface area contributed by atoms with Crippen LogP contribution in [-0.2, 0) is 9.63 Å². The molecule has 0 spiro atoms. The fourth-order valence-corrected chi connectivity index (χ4v) is 5.80. The van der Waals surface area contributed by atoms with Crippen molar-refractivity contribution in [2.24, 2.45) is 11.1 Å². The van der Waals surface area contributed by atoms with Crippen LogP contribution in [-0.4, -0.2) is 34.5 Å². The lowest BCUT2D eigenvalue weighted by molar-refractivity contribution is -0.140. The maximum atomic E-state index is 13.3. The molecule has 250 valence electrons. The first kappa shape index (κ1) is 37.2. The van der Waals surface area contributed by atoms with E-state index in [9.17, 15) is 19.2 Å². The highest BCUT2D eigenvalue weighted by molar-refractivity contribution is 6.45. The van der Waals surface area contributed by atoms with Gasteiger partial charge < -0.3 is 15.2 Å². The summed E-state index contributed by atoms with van der Waals surface area (Å²) < 4.78 is 0. The number of hydrogen-bond donors (Lipinski definition) is 0. The molecule has 4 aromatic carbocycles. The molecular formula is C40H44N2O6. The number of ketones is 3. The Morgan fingerprint density at radius 2 is 1.29 bits per heavy atom. The van der Waals surface area contributed by atoms with Crippen LogP contribution >= 0.6 is 0 Å². The summed E-state index contributed by atoms with van der Waals surface area (Å²) >= 11 is 0. The zero-order chi connectivity index (χ0) is 34.1. The highest BCUT2D eigenvalue weighted by atomic mass is 16.7. The largest absolute Gasteiger partial charge is 0.412 e. The summed E-state index contributed by atoms with van der Waals surface area (Å²) in [7, 11) is 0. The third kappa shape index (κ3) is 8.57. The molecule has 1 aliphatic carbocycles. The number of rotatable bonds is 10. The summed E-state index contributed by atoms with van der Waals surface area (Å²) in [5, 5.41) is 5.43. The van der Waals surface area contributed by atoms with E-state index in [0.717, 1.165) is 53.5 Å². The molecule has 0 heterocycles. The quantitative estimate of drug-likeness (QED) is 0.0555. The van der Waals surface area contributed by atoms with Crippen molar-refractivity contribution in [1.29, 1.82) is 0 Å².